The number of halogens is 1. The minimum Gasteiger partial charge on any atom is -0.395 e. The Labute approximate surface area is 119 Å². The second-order valence-electron chi connectivity index (χ2n) is 5.09. The Morgan fingerprint density at radius 2 is 2.00 bits per heavy atom. The molecule has 0 atom stereocenters. The summed E-state index contributed by atoms with van der Waals surface area (Å²) in [4.78, 5) is 11.1. The van der Waals surface area contributed by atoms with Gasteiger partial charge in [0.1, 0.15) is 16.8 Å². The molecule has 0 unspecified atom stereocenters. The van der Waals surface area contributed by atoms with E-state index < -0.39 is 0 Å². The van der Waals surface area contributed by atoms with Crippen LogP contribution in [0.1, 0.15) is 44.0 Å². The Kier molecular flexibility index (Phi) is 4.99. The van der Waals surface area contributed by atoms with Crippen LogP contribution >= 0.6 is 11.6 Å². The summed E-state index contributed by atoms with van der Waals surface area (Å²) in [6.07, 6.45) is 5.62. The van der Waals surface area contributed by atoms with Gasteiger partial charge in [-0.25, -0.2) is 9.97 Å². The number of nitrogens with zero attached hydrogens (tertiary/aromatic N) is 3. The summed E-state index contributed by atoms with van der Waals surface area (Å²) in [6.45, 7) is 4.73. The maximum absolute atomic E-state index is 9.33. The molecule has 1 saturated carbocycles. The van der Waals surface area contributed by atoms with E-state index in [0.29, 0.717) is 17.7 Å². The van der Waals surface area contributed by atoms with E-state index in [2.05, 4.69) is 14.9 Å². The first kappa shape index (κ1) is 14.5. The summed E-state index contributed by atoms with van der Waals surface area (Å²) < 4.78 is 0. The first-order chi connectivity index (χ1) is 9.17. The molecule has 0 radical (unpaired) electrons. The molecule has 0 aromatic carbocycles. The van der Waals surface area contributed by atoms with Crippen molar-refractivity contribution in [3.8, 4) is 0 Å². The van der Waals surface area contributed by atoms with E-state index in [-0.39, 0.29) is 6.61 Å². The third-order valence-electron chi connectivity index (χ3n) is 3.80. The summed E-state index contributed by atoms with van der Waals surface area (Å²) in [5, 5.41) is 9.86. The molecule has 1 fully saturated rings. The van der Waals surface area contributed by atoms with E-state index in [1.165, 1.54) is 25.7 Å². The highest BCUT2D eigenvalue weighted by atomic mass is 35.5. The van der Waals surface area contributed by atoms with E-state index in [0.717, 1.165) is 23.6 Å². The zero-order chi connectivity index (χ0) is 13.8. The van der Waals surface area contributed by atoms with Gasteiger partial charge in [0, 0.05) is 24.6 Å². The largest absolute Gasteiger partial charge is 0.395 e. The minimum atomic E-state index is 0.138. The van der Waals surface area contributed by atoms with Crippen molar-refractivity contribution in [3.05, 3.63) is 16.5 Å². The molecule has 1 heterocycles. The predicted octanol–water partition coefficient (Wildman–Crippen LogP) is 2.74. The highest BCUT2D eigenvalue weighted by Crippen LogP contribution is 2.31. The van der Waals surface area contributed by atoms with E-state index in [1.54, 1.807) is 0 Å². The van der Waals surface area contributed by atoms with E-state index >= 15 is 0 Å². The average molecular weight is 284 g/mol. The molecule has 0 aliphatic heterocycles. The Morgan fingerprint density at radius 3 is 2.58 bits per heavy atom. The van der Waals surface area contributed by atoms with E-state index in [1.807, 2.05) is 13.8 Å². The third-order valence-corrected chi connectivity index (χ3v) is 4.17. The van der Waals surface area contributed by atoms with Crippen LogP contribution in [-0.4, -0.2) is 34.3 Å². The van der Waals surface area contributed by atoms with Crippen LogP contribution in [0.5, 0.6) is 0 Å². The van der Waals surface area contributed by atoms with Gasteiger partial charge in [-0.1, -0.05) is 31.4 Å². The average Bonchev–Trinajstić information content (AvgIpc) is 2.93. The molecule has 0 spiro atoms. The van der Waals surface area contributed by atoms with Crippen molar-refractivity contribution in [1.82, 2.24) is 9.97 Å². The quantitative estimate of drug-likeness (QED) is 0.844. The Morgan fingerprint density at radius 1 is 1.32 bits per heavy atom. The fourth-order valence-corrected chi connectivity index (χ4v) is 2.93. The number of aliphatic hydroxyl groups excluding tert-OH is 1. The normalized spacial score (nSPS) is 16.0. The van der Waals surface area contributed by atoms with Gasteiger partial charge in [-0.15, -0.1) is 0 Å². The molecule has 5 heteroatoms. The van der Waals surface area contributed by atoms with Gasteiger partial charge < -0.3 is 10.0 Å². The molecule has 0 bridgehead atoms. The summed E-state index contributed by atoms with van der Waals surface area (Å²) in [5.74, 6) is 1.67. The van der Waals surface area contributed by atoms with Gasteiger partial charge in [-0.3, -0.25) is 0 Å². The lowest BCUT2D eigenvalue weighted by Gasteiger charge is -2.31. The maximum Gasteiger partial charge on any atom is 0.137 e. The van der Waals surface area contributed by atoms with Crippen LogP contribution in [0.15, 0.2) is 0 Å². The van der Waals surface area contributed by atoms with Crippen molar-refractivity contribution < 1.29 is 5.11 Å². The van der Waals surface area contributed by atoms with Crippen LogP contribution in [0.25, 0.3) is 0 Å². The van der Waals surface area contributed by atoms with Crippen molar-refractivity contribution in [2.24, 2.45) is 0 Å². The molecule has 19 heavy (non-hydrogen) atoms. The number of hydrogen-bond acceptors (Lipinski definition) is 4. The lowest BCUT2D eigenvalue weighted by molar-refractivity contribution is 0.296. The molecule has 0 saturated heterocycles. The van der Waals surface area contributed by atoms with E-state index in [9.17, 15) is 5.11 Å². The summed E-state index contributed by atoms with van der Waals surface area (Å²) >= 11 is 6.21. The molecule has 2 rings (SSSR count). The molecule has 106 valence electrons. The topological polar surface area (TPSA) is 49.2 Å². The number of hydrogen-bond donors (Lipinski definition) is 1. The number of aryl methyl sites for hydroxylation is 1. The zero-order valence-corrected chi connectivity index (χ0v) is 12.4. The Hall–Kier alpha value is -0.870. The molecule has 1 aliphatic rings. The van der Waals surface area contributed by atoms with Gasteiger partial charge in [-0.2, -0.15) is 0 Å². The summed E-state index contributed by atoms with van der Waals surface area (Å²) in [6, 6.07) is 0.474. The zero-order valence-electron chi connectivity index (χ0n) is 11.7. The number of anilines is 1. The molecule has 1 N–H and O–H groups in total. The summed E-state index contributed by atoms with van der Waals surface area (Å²) in [7, 11) is 0. The molecule has 1 aliphatic carbocycles. The Bertz CT molecular complexity index is 433. The van der Waals surface area contributed by atoms with Crippen LogP contribution in [0.2, 0.25) is 5.15 Å². The monoisotopic (exact) mass is 283 g/mol. The second-order valence-corrected chi connectivity index (χ2v) is 5.45. The van der Waals surface area contributed by atoms with Crippen LogP contribution < -0.4 is 4.90 Å². The first-order valence-electron chi connectivity index (χ1n) is 7.07. The van der Waals surface area contributed by atoms with Crippen molar-refractivity contribution >= 4 is 17.4 Å². The van der Waals surface area contributed by atoms with Gasteiger partial charge in [0.25, 0.3) is 0 Å². The minimum absolute atomic E-state index is 0.138. The fraction of sp³-hybridized carbons (Fsp3) is 0.714. The molecule has 1 aromatic rings. The molecule has 1 aromatic heterocycles. The predicted molar refractivity (Wildman–Crippen MR) is 77.8 cm³/mol. The van der Waals surface area contributed by atoms with Crippen LogP contribution in [-0.2, 0) is 6.42 Å². The number of aliphatic hydroxyl groups is 1. The van der Waals surface area contributed by atoms with Gasteiger partial charge in [0.15, 0.2) is 0 Å². The SMILES string of the molecule is CCc1nc(Cl)c(C)c(N(CCO)C2CCCC2)n1. The van der Waals surface area contributed by atoms with Crippen molar-refractivity contribution in [1.29, 1.82) is 0 Å². The molecule has 4 nitrogen and oxygen atoms in total. The van der Waals surface area contributed by atoms with Crippen molar-refractivity contribution in [2.75, 3.05) is 18.1 Å². The first-order valence-corrected chi connectivity index (χ1v) is 7.45. The van der Waals surface area contributed by atoms with Crippen LogP contribution in [0.3, 0.4) is 0 Å². The van der Waals surface area contributed by atoms with Gasteiger partial charge in [0.05, 0.1) is 6.61 Å². The van der Waals surface area contributed by atoms with Gasteiger partial charge >= 0.3 is 0 Å². The van der Waals surface area contributed by atoms with Crippen LogP contribution in [0, 0.1) is 6.92 Å². The Balaban J connectivity index is 2.36. The fourth-order valence-electron chi connectivity index (χ4n) is 2.74. The summed E-state index contributed by atoms with van der Waals surface area (Å²) in [5.41, 5.74) is 0.916. The maximum atomic E-state index is 9.33. The van der Waals surface area contributed by atoms with Gasteiger partial charge in [-0.05, 0) is 19.8 Å². The highest BCUT2D eigenvalue weighted by Gasteiger charge is 2.25. The molecule has 0 amide bonds. The lowest BCUT2D eigenvalue weighted by atomic mass is 10.2. The van der Waals surface area contributed by atoms with Crippen molar-refractivity contribution in [2.45, 2.75) is 52.0 Å². The number of rotatable bonds is 5. The van der Waals surface area contributed by atoms with Gasteiger partial charge in [0.2, 0.25) is 0 Å². The standard InChI is InChI=1S/C14H22ClN3O/c1-3-12-16-13(15)10(2)14(17-12)18(8-9-19)11-6-4-5-7-11/h11,19H,3-9H2,1-2H3. The second kappa shape index (κ2) is 6.53. The smallest absolute Gasteiger partial charge is 0.137 e. The number of aromatic nitrogens is 2. The molecular formula is C14H22ClN3O. The molecular weight excluding hydrogens is 262 g/mol. The highest BCUT2D eigenvalue weighted by molar-refractivity contribution is 6.30. The van der Waals surface area contributed by atoms with Crippen molar-refractivity contribution in [3.63, 3.8) is 0 Å². The lowest BCUT2D eigenvalue weighted by Crippen LogP contribution is -2.37. The van der Waals surface area contributed by atoms with Crippen LogP contribution in [0.4, 0.5) is 5.82 Å². The van der Waals surface area contributed by atoms with E-state index in [4.69, 9.17) is 11.6 Å². The third kappa shape index (κ3) is 3.18.